The lowest BCUT2D eigenvalue weighted by Crippen LogP contribution is -1.99. The SMILES string of the molecule is Cc1cc(Oc2ccc(Oc3ccc(Cl)cc3Oc3ccccc3)cc2)ccc1CCC(=O)O. The third-order valence-corrected chi connectivity index (χ3v) is 5.32. The van der Waals surface area contributed by atoms with Gasteiger partial charge >= 0.3 is 5.97 Å². The van der Waals surface area contributed by atoms with Crippen molar-refractivity contribution in [3.63, 3.8) is 0 Å². The van der Waals surface area contributed by atoms with Crippen LogP contribution in [0, 0.1) is 6.92 Å². The number of rotatable bonds is 9. The molecule has 0 aromatic heterocycles. The predicted octanol–water partition coefficient (Wildman–Crippen LogP) is 8.04. The fraction of sp³-hybridized carbons (Fsp3) is 0.107. The first-order chi connectivity index (χ1) is 16.5. The average molecular weight is 475 g/mol. The fourth-order valence-electron chi connectivity index (χ4n) is 3.35. The number of carboxylic acid groups (broad SMARTS) is 1. The zero-order valence-electron chi connectivity index (χ0n) is 18.5. The number of para-hydroxylation sites is 1. The van der Waals surface area contributed by atoms with E-state index in [0.29, 0.717) is 45.9 Å². The molecule has 0 aliphatic heterocycles. The molecular weight excluding hydrogens is 452 g/mol. The quantitative estimate of drug-likeness (QED) is 0.266. The number of aliphatic carboxylic acids is 1. The largest absolute Gasteiger partial charge is 0.481 e. The Morgan fingerprint density at radius 3 is 2.03 bits per heavy atom. The van der Waals surface area contributed by atoms with E-state index >= 15 is 0 Å². The molecule has 0 unspecified atom stereocenters. The molecule has 0 saturated heterocycles. The topological polar surface area (TPSA) is 65.0 Å². The van der Waals surface area contributed by atoms with Crippen molar-refractivity contribution in [1.82, 2.24) is 0 Å². The van der Waals surface area contributed by atoms with Gasteiger partial charge in [0.1, 0.15) is 23.0 Å². The molecule has 4 rings (SSSR count). The van der Waals surface area contributed by atoms with Crippen LogP contribution in [0.15, 0.2) is 91.0 Å². The molecule has 0 fully saturated rings. The van der Waals surface area contributed by atoms with Crippen LogP contribution in [-0.2, 0) is 11.2 Å². The van der Waals surface area contributed by atoms with E-state index in [0.717, 1.165) is 11.1 Å². The van der Waals surface area contributed by atoms with Crippen molar-refractivity contribution in [3.8, 4) is 34.5 Å². The highest BCUT2D eigenvalue weighted by Crippen LogP contribution is 2.37. The number of aryl methyl sites for hydroxylation is 2. The molecule has 0 aliphatic carbocycles. The summed E-state index contributed by atoms with van der Waals surface area (Å²) in [6, 6.07) is 27.5. The van der Waals surface area contributed by atoms with Crippen molar-refractivity contribution < 1.29 is 24.1 Å². The van der Waals surface area contributed by atoms with Gasteiger partial charge in [-0.3, -0.25) is 4.79 Å². The molecule has 0 saturated carbocycles. The Bertz CT molecular complexity index is 1270. The van der Waals surface area contributed by atoms with Crippen LogP contribution in [0.1, 0.15) is 17.5 Å². The van der Waals surface area contributed by atoms with Gasteiger partial charge in [-0.25, -0.2) is 0 Å². The third kappa shape index (κ3) is 6.30. The van der Waals surface area contributed by atoms with Crippen LogP contribution >= 0.6 is 11.6 Å². The summed E-state index contributed by atoms with van der Waals surface area (Å²) < 4.78 is 17.9. The molecule has 0 radical (unpaired) electrons. The van der Waals surface area contributed by atoms with Gasteiger partial charge in [-0.2, -0.15) is 0 Å². The minimum absolute atomic E-state index is 0.105. The van der Waals surface area contributed by atoms with Crippen molar-refractivity contribution in [2.24, 2.45) is 0 Å². The zero-order chi connectivity index (χ0) is 23.9. The van der Waals surface area contributed by atoms with Crippen molar-refractivity contribution in [3.05, 3.63) is 107 Å². The Morgan fingerprint density at radius 2 is 1.35 bits per heavy atom. The molecule has 5 nitrogen and oxygen atoms in total. The van der Waals surface area contributed by atoms with Crippen LogP contribution in [0.2, 0.25) is 5.02 Å². The Balaban J connectivity index is 1.44. The first kappa shape index (κ1) is 23.2. The molecule has 0 bridgehead atoms. The number of benzene rings is 4. The molecule has 4 aromatic rings. The van der Waals surface area contributed by atoms with Crippen molar-refractivity contribution in [1.29, 1.82) is 0 Å². The van der Waals surface area contributed by atoms with Crippen molar-refractivity contribution in [2.45, 2.75) is 19.8 Å². The van der Waals surface area contributed by atoms with Crippen LogP contribution in [0.5, 0.6) is 34.5 Å². The molecule has 34 heavy (non-hydrogen) atoms. The number of hydrogen-bond donors (Lipinski definition) is 1. The molecular formula is C28H23ClO5. The lowest BCUT2D eigenvalue weighted by Gasteiger charge is -2.13. The summed E-state index contributed by atoms with van der Waals surface area (Å²) in [5, 5.41) is 9.42. The zero-order valence-corrected chi connectivity index (χ0v) is 19.3. The molecule has 0 spiro atoms. The maximum atomic E-state index is 10.8. The van der Waals surface area contributed by atoms with E-state index in [1.807, 2.05) is 79.7 Å². The Hall–Kier alpha value is -3.96. The van der Waals surface area contributed by atoms with Crippen LogP contribution in [0.4, 0.5) is 0 Å². The van der Waals surface area contributed by atoms with Gasteiger partial charge in [0, 0.05) is 17.5 Å². The first-order valence-corrected chi connectivity index (χ1v) is 11.1. The second kappa shape index (κ2) is 10.8. The summed E-state index contributed by atoms with van der Waals surface area (Å²) in [5.41, 5.74) is 1.99. The lowest BCUT2D eigenvalue weighted by molar-refractivity contribution is -0.136. The third-order valence-electron chi connectivity index (χ3n) is 5.09. The molecule has 0 amide bonds. The van der Waals surface area contributed by atoms with E-state index in [2.05, 4.69) is 0 Å². The predicted molar refractivity (Wildman–Crippen MR) is 132 cm³/mol. The van der Waals surface area contributed by atoms with Crippen LogP contribution in [0.25, 0.3) is 0 Å². The van der Waals surface area contributed by atoms with Crippen molar-refractivity contribution >= 4 is 17.6 Å². The summed E-state index contributed by atoms with van der Waals surface area (Å²) in [6.45, 7) is 1.95. The molecule has 6 heteroatoms. The normalized spacial score (nSPS) is 10.5. The molecule has 0 aliphatic rings. The molecule has 4 aromatic carbocycles. The van der Waals surface area contributed by atoms with Gasteiger partial charge in [-0.15, -0.1) is 0 Å². The van der Waals surface area contributed by atoms with Gasteiger partial charge in [0.2, 0.25) is 0 Å². The summed E-state index contributed by atoms with van der Waals surface area (Å²) >= 11 is 6.16. The smallest absolute Gasteiger partial charge is 0.303 e. The van der Waals surface area contributed by atoms with Crippen LogP contribution in [0.3, 0.4) is 0 Å². The van der Waals surface area contributed by atoms with Gasteiger partial charge in [0.05, 0.1) is 0 Å². The monoisotopic (exact) mass is 474 g/mol. The fourth-order valence-corrected chi connectivity index (χ4v) is 3.52. The number of carboxylic acids is 1. The van der Waals surface area contributed by atoms with E-state index in [1.54, 1.807) is 18.2 Å². The molecule has 0 heterocycles. The highest BCUT2D eigenvalue weighted by molar-refractivity contribution is 6.30. The lowest BCUT2D eigenvalue weighted by atomic mass is 10.0. The van der Waals surface area contributed by atoms with E-state index in [-0.39, 0.29) is 6.42 Å². The Labute approximate surface area is 203 Å². The minimum Gasteiger partial charge on any atom is -0.481 e. The van der Waals surface area contributed by atoms with Gasteiger partial charge in [-0.05, 0) is 85.1 Å². The highest BCUT2D eigenvalue weighted by atomic mass is 35.5. The number of carbonyl (C=O) groups is 1. The number of hydrogen-bond acceptors (Lipinski definition) is 4. The van der Waals surface area contributed by atoms with Crippen LogP contribution < -0.4 is 14.2 Å². The molecule has 0 atom stereocenters. The van der Waals surface area contributed by atoms with E-state index in [1.165, 1.54) is 0 Å². The first-order valence-electron chi connectivity index (χ1n) is 10.8. The summed E-state index contributed by atoms with van der Waals surface area (Å²) in [7, 11) is 0. The Kier molecular flexibility index (Phi) is 7.35. The number of halogens is 1. The van der Waals surface area contributed by atoms with Crippen molar-refractivity contribution in [2.75, 3.05) is 0 Å². The summed E-state index contributed by atoms with van der Waals surface area (Å²) in [6.07, 6.45) is 0.600. The van der Waals surface area contributed by atoms with E-state index in [4.69, 9.17) is 30.9 Å². The highest BCUT2D eigenvalue weighted by Gasteiger charge is 2.10. The maximum Gasteiger partial charge on any atom is 0.303 e. The molecule has 1 N–H and O–H groups in total. The van der Waals surface area contributed by atoms with E-state index < -0.39 is 5.97 Å². The van der Waals surface area contributed by atoms with Gasteiger partial charge in [0.15, 0.2) is 11.5 Å². The van der Waals surface area contributed by atoms with E-state index in [9.17, 15) is 4.79 Å². The summed E-state index contributed by atoms with van der Waals surface area (Å²) in [4.78, 5) is 10.8. The average Bonchev–Trinajstić information content (AvgIpc) is 2.82. The van der Waals surface area contributed by atoms with Gasteiger partial charge < -0.3 is 19.3 Å². The second-order valence-electron chi connectivity index (χ2n) is 7.66. The number of ether oxygens (including phenoxy) is 3. The Morgan fingerprint density at radius 1 is 0.735 bits per heavy atom. The minimum atomic E-state index is -0.806. The summed E-state index contributed by atoms with van der Waals surface area (Å²) in [5.74, 6) is 2.88. The standard InChI is InChI=1S/C28H23ClO5/c1-19-17-25(10-7-20(19)8-16-28(30)31)32-23-11-13-24(14-12-23)33-26-15-9-21(29)18-27(26)34-22-5-3-2-4-6-22/h2-7,9-15,17-18H,8,16H2,1H3,(H,30,31). The van der Waals surface area contributed by atoms with Gasteiger partial charge in [-0.1, -0.05) is 35.9 Å². The van der Waals surface area contributed by atoms with Gasteiger partial charge in [0.25, 0.3) is 0 Å². The maximum absolute atomic E-state index is 10.8. The molecule has 172 valence electrons. The van der Waals surface area contributed by atoms with Crippen LogP contribution in [-0.4, -0.2) is 11.1 Å². The second-order valence-corrected chi connectivity index (χ2v) is 8.10.